The van der Waals surface area contributed by atoms with E-state index in [9.17, 15) is 0 Å². The van der Waals surface area contributed by atoms with E-state index in [4.69, 9.17) is 5.73 Å². The molecule has 3 nitrogen and oxygen atoms in total. The van der Waals surface area contributed by atoms with Crippen LogP contribution in [-0.4, -0.2) is 20.8 Å². The number of aromatic nitrogens is 2. The van der Waals surface area contributed by atoms with E-state index in [1.165, 1.54) is 6.42 Å². The number of anilines is 1. The second kappa shape index (κ2) is 3.92. The number of hydrogen-bond acceptors (Lipinski definition) is 3. The number of nitrogens with two attached hydrogens (primary N) is 1. The molecule has 0 radical (unpaired) electrons. The van der Waals surface area contributed by atoms with Crippen LogP contribution in [0.1, 0.15) is 25.1 Å². The fourth-order valence-electron chi connectivity index (χ4n) is 1.79. The highest BCUT2D eigenvalue weighted by Crippen LogP contribution is 2.36. The lowest BCUT2D eigenvalue weighted by Crippen LogP contribution is -2.13. The van der Waals surface area contributed by atoms with Gasteiger partial charge in [-0.1, -0.05) is 6.92 Å². The van der Waals surface area contributed by atoms with Crippen molar-refractivity contribution in [3.63, 3.8) is 0 Å². The minimum atomic E-state index is 0.497. The summed E-state index contributed by atoms with van der Waals surface area (Å²) in [5.41, 5.74) is 7.06. The Labute approximate surface area is 102 Å². The molecule has 1 aromatic heterocycles. The number of hydrogen-bond donors (Lipinski definition) is 1. The molecule has 0 aliphatic carbocycles. The van der Waals surface area contributed by atoms with Gasteiger partial charge in [-0.25, -0.2) is 4.68 Å². The predicted octanol–water partition coefficient (Wildman–Crippen LogP) is 2.44. The largest absolute Gasteiger partial charge is 0.383 e. The second-order valence-electron chi connectivity index (χ2n) is 3.76. The highest BCUT2D eigenvalue weighted by atomic mass is 127. The average molecular weight is 323 g/mol. The van der Waals surface area contributed by atoms with E-state index in [0.29, 0.717) is 6.04 Å². The molecular weight excluding hydrogens is 309 g/mol. The maximum atomic E-state index is 6.01. The molecule has 1 saturated heterocycles. The normalized spacial score (nSPS) is 27.1. The number of aryl methyl sites for hydroxylation is 1. The molecule has 2 rings (SSSR count). The molecule has 1 aromatic rings. The van der Waals surface area contributed by atoms with E-state index < -0.39 is 0 Å². The third kappa shape index (κ3) is 1.76. The fraction of sp³-hybridized carbons (Fsp3) is 0.667. The first kappa shape index (κ1) is 10.6. The standard InChI is InChI=1S/C9H14IN3S/c1-5-3-7(4-14-5)13-9(11)8(10)6(2)12-13/h5,7H,3-4,11H2,1-2H3. The zero-order valence-electron chi connectivity index (χ0n) is 8.33. The molecule has 2 N–H and O–H groups in total. The average Bonchev–Trinajstić information content (AvgIpc) is 2.66. The van der Waals surface area contributed by atoms with Crippen LogP contribution in [-0.2, 0) is 0 Å². The molecule has 2 unspecified atom stereocenters. The van der Waals surface area contributed by atoms with Gasteiger partial charge in [0.05, 0.1) is 15.3 Å². The van der Waals surface area contributed by atoms with Crippen LogP contribution in [0.3, 0.4) is 0 Å². The number of nitrogens with zero attached hydrogens (tertiary/aromatic N) is 2. The van der Waals surface area contributed by atoms with Crippen molar-refractivity contribution in [2.24, 2.45) is 0 Å². The maximum Gasteiger partial charge on any atom is 0.135 e. The van der Waals surface area contributed by atoms with Gasteiger partial charge < -0.3 is 5.73 Å². The maximum absolute atomic E-state index is 6.01. The molecule has 2 heterocycles. The lowest BCUT2D eigenvalue weighted by molar-refractivity contribution is 0.488. The number of rotatable bonds is 1. The van der Waals surface area contributed by atoms with E-state index in [0.717, 1.165) is 26.1 Å². The first-order valence-corrected chi connectivity index (χ1v) is 6.84. The van der Waals surface area contributed by atoms with Crippen molar-refractivity contribution in [3.8, 4) is 0 Å². The van der Waals surface area contributed by atoms with Crippen molar-refractivity contribution in [1.29, 1.82) is 0 Å². The van der Waals surface area contributed by atoms with Gasteiger partial charge in [0.1, 0.15) is 5.82 Å². The van der Waals surface area contributed by atoms with Crippen LogP contribution in [0.2, 0.25) is 0 Å². The van der Waals surface area contributed by atoms with Gasteiger partial charge in [0, 0.05) is 11.0 Å². The summed E-state index contributed by atoms with van der Waals surface area (Å²) in [5, 5.41) is 5.23. The lowest BCUT2D eigenvalue weighted by atomic mass is 10.2. The Morgan fingerprint density at radius 1 is 1.64 bits per heavy atom. The smallest absolute Gasteiger partial charge is 0.135 e. The summed E-state index contributed by atoms with van der Waals surface area (Å²) < 4.78 is 3.11. The van der Waals surface area contributed by atoms with Crippen molar-refractivity contribution in [3.05, 3.63) is 9.26 Å². The van der Waals surface area contributed by atoms with Crippen LogP contribution in [0.4, 0.5) is 5.82 Å². The van der Waals surface area contributed by atoms with Gasteiger partial charge in [-0.3, -0.25) is 0 Å². The van der Waals surface area contributed by atoms with Crippen LogP contribution in [0, 0.1) is 10.5 Å². The van der Waals surface area contributed by atoms with Crippen LogP contribution in [0.15, 0.2) is 0 Å². The summed E-state index contributed by atoms with van der Waals surface area (Å²) in [5.74, 6) is 1.98. The van der Waals surface area contributed by atoms with Crippen LogP contribution in [0.5, 0.6) is 0 Å². The highest BCUT2D eigenvalue weighted by molar-refractivity contribution is 14.1. The number of nitrogen functional groups attached to an aromatic ring is 1. The van der Waals surface area contributed by atoms with Gasteiger partial charge in [-0.2, -0.15) is 16.9 Å². The van der Waals surface area contributed by atoms with Crippen molar-refractivity contribution >= 4 is 40.2 Å². The molecule has 14 heavy (non-hydrogen) atoms. The summed E-state index contributed by atoms with van der Waals surface area (Å²) >= 11 is 4.27. The van der Waals surface area contributed by atoms with Gasteiger partial charge in [-0.05, 0) is 35.9 Å². The Morgan fingerprint density at radius 2 is 2.36 bits per heavy atom. The highest BCUT2D eigenvalue weighted by Gasteiger charge is 2.26. The summed E-state index contributed by atoms with van der Waals surface area (Å²) in [6.07, 6.45) is 1.19. The molecular formula is C9H14IN3S. The molecule has 0 bridgehead atoms. The summed E-state index contributed by atoms with van der Waals surface area (Å²) in [6.45, 7) is 4.28. The first-order chi connectivity index (χ1) is 6.59. The van der Waals surface area contributed by atoms with Crippen LogP contribution < -0.4 is 5.73 Å². The van der Waals surface area contributed by atoms with Crippen LogP contribution in [0.25, 0.3) is 0 Å². The van der Waals surface area contributed by atoms with E-state index in [-0.39, 0.29) is 0 Å². The Hall–Kier alpha value is 0.0900. The molecule has 1 aliphatic rings. The summed E-state index contributed by atoms with van der Waals surface area (Å²) in [6, 6.07) is 0.497. The number of thioether (sulfide) groups is 1. The topological polar surface area (TPSA) is 43.8 Å². The van der Waals surface area contributed by atoms with Gasteiger partial charge >= 0.3 is 0 Å². The Kier molecular flexibility index (Phi) is 2.97. The molecule has 0 spiro atoms. The Balaban J connectivity index is 2.28. The van der Waals surface area contributed by atoms with Gasteiger partial charge in [0.2, 0.25) is 0 Å². The molecule has 1 aliphatic heterocycles. The molecule has 1 fully saturated rings. The van der Waals surface area contributed by atoms with E-state index in [1.807, 2.05) is 23.4 Å². The lowest BCUT2D eigenvalue weighted by Gasteiger charge is -2.11. The molecule has 0 saturated carbocycles. The Morgan fingerprint density at radius 3 is 2.79 bits per heavy atom. The predicted molar refractivity (Wildman–Crippen MR) is 69.7 cm³/mol. The minimum Gasteiger partial charge on any atom is -0.383 e. The fourth-order valence-corrected chi connectivity index (χ4v) is 3.33. The SMILES string of the molecule is Cc1nn(C2CSC(C)C2)c(N)c1I. The quantitative estimate of drug-likeness (QED) is 0.808. The second-order valence-corrected chi connectivity index (χ2v) is 6.31. The van der Waals surface area contributed by atoms with Gasteiger partial charge in [0.25, 0.3) is 0 Å². The zero-order chi connectivity index (χ0) is 10.3. The van der Waals surface area contributed by atoms with Crippen molar-refractivity contribution in [1.82, 2.24) is 9.78 Å². The van der Waals surface area contributed by atoms with Gasteiger partial charge in [-0.15, -0.1) is 0 Å². The molecule has 0 aromatic carbocycles. The zero-order valence-corrected chi connectivity index (χ0v) is 11.3. The molecule has 2 atom stereocenters. The first-order valence-electron chi connectivity index (χ1n) is 4.71. The van der Waals surface area contributed by atoms with Gasteiger partial charge in [0.15, 0.2) is 0 Å². The van der Waals surface area contributed by atoms with Crippen molar-refractivity contribution < 1.29 is 0 Å². The van der Waals surface area contributed by atoms with E-state index in [1.54, 1.807) is 0 Å². The monoisotopic (exact) mass is 323 g/mol. The van der Waals surface area contributed by atoms with Crippen molar-refractivity contribution in [2.75, 3.05) is 11.5 Å². The third-order valence-electron chi connectivity index (χ3n) is 2.57. The summed E-state index contributed by atoms with van der Waals surface area (Å²) in [4.78, 5) is 0. The number of halogens is 1. The van der Waals surface area contributed by atoms with Crippen LogP contribution >= 0.6 is 34.4 Å². The minimum absolute atomic E-state index is 0.497. The third-order valence-corrected chi connectivity index (χ3v) is 5.24. The van der Waals surface area contributed by atoms with E-state index >= 15 is 0 Å². The summed E-state index contributed by atoms with van der Waals surface area (Å²) in [7, 11) is 0. The Bertz CT molecular complexity index is 350. The molecule has 0 amide bonds. The van der Waals surface area contributed by atoms with Crippen molar-refractivity contribution in [2.45, 2.75) is 31.6 Å². The van der Waals surface area contributed by atoms with E-state index in [2.05, 4.69) is 34.6 Å². The molecule has 78 valence electrons. The molecule has 5 heteroatoms.